The number of phenolic OH excluding ortho intramolecular Hbond substituents is 1. The number of benzene rings is 2. The number of H-pyrrole nitrogens is 1. The topological polar surface area (TPSA) is 118 Å². The number of ether oxygens (including phenoxy) is 3. The Morgan fingerprint density at radius 1 is 1.03 bits per heavy atom. The smallest absolute Gasteiger partial charge is 0.289 e. The van der Waals surface area contributed by atoms with Crippen LogP contribution >= 0.6 is 0 Å². The molecule has 9 nitrogen and oxygen atoms in total. The van der Waals surface area contributed by atoms with Crippen molar-refractivity contribution in [2.75, 3.05) is 21.3 Å². The van der Waals surface area contributed by atoms with Crippen LogP contribution in [0.2, 0.25) is 0 Å². The summed E-state index contributed by atoms with van der Waals surface area (Å²) in [6, 6.07) is 11.7. The number of nitrogens with zero attached hydrogens (tertiary/aromatic N) is 2. The predicted molar refractivity (Wildman–Crippen MR) is 107 cm³/mol. The zero-order chi connectivity index (χ0) is 20.8. The molecule has 29 heavy (non-hydrogen) atoms. The summed E-state index contributed by atoms with van der Waals surface area (Å²) in [4.78, 5) is 12.3. The van der Waals surface area contributed by atoms with Gasteiger partial charge in [-0.05, 0) is 48.0 Å². The number of hydrogen-bond donors (Lipinski definition) is 3. The zero-order valence-corrected chi connectivity index (χ0v) is 16.1. The van der Waals surface area contributed by atoms with Gasteiger partial charge in [-0.25, -0.2) is 5.43 Å². The molecule has 1 aromatic heterocycles. The Bertz CT molecular complexity index is 1050. The molecule has 3 rings (SSSR count). The molecular weight excluding hydrogens is 376 g/mol. The summed E-state index contributed by atoms with van der Waals surface area (Å²) in [7, 11) is 4.56. The highest BCUT2D eigenvalue weighted by molar-refractivity contribution is 5.94. The molecular formula is C20H20N4O5. The summed E-state index contributed by atoms with van der Waals surface area (Å²) in [5, 5.41) is 20.3. The predicted octanol–water partition coefficient (Wildman–Crippen LogP) is 2.57. The highest BCUT2D eigenvalue weighted by Gasteiger charge is 2.12. The normalized spacial score (nSPS) is 10.7. The Morgan fingerprint density at radius 3 is 2.52 bits per heavy atom. The third-order valence-electron chi connectivity index (χ3n) is 4.09. The first-order valence-corrected chi connectivity index (χ1v) is 8.54. The molecule has 0 atom stereocenters. The Balaban J connectivity index is 1.69. The van der Waals surface area contributed by atoms with E-state index < -0.39 is 5.91 Å². The molecule has 0 unspecified atom stereocenters. The standard InChI is InChI=1S/C20H20N4O5/c1-27-17-7-5-13(9-19(17)29-3)14-10-15(23-22-14)20(26)24-21-11-12-4-6-16(25)18(8-12)28-2/h4-11,25H,1-3H3,(H,22,23)(H,24,26)/b21-11-. The van der Waals surface area contributed by atoms with Crippen LogP contribution in [0.25, 0.3) is 11.3 Å². The van der Waals surface area contributed by atoms with Gasteiger partial charge in [-0.3, -0.25) is 9.89 Å². The third-order valence-corrected chi connectivity index (χ3v) is 4.09. The zero-order valence-electron chi connectivity index (χ0n) is 16.1. The van der Waals surface area contributed by atoms with E-state index in [1.165, 1.54) is 19.4 Å². The maximum atomic E-state index is 12.3. The average molecular weight is 396 g/mol. The fourth-order valence-electron chi connectivity index (χ4n) is 2.58. The third kappa shape index (κ3) is 4.46. The molecule has 1 heterocycles. The van der Waals surface area contributed by atoms with Crippen LogP contribution in [0.15, 0.2) is 47.6 Å². The van der Waals surface area contributed by atoms with Gasteiger partial charge in [0.2, 0.25) is 0 Å². The van der Waals surface area contributed by atoms with Crippen molar-refractivity contribution in [2.24, 2.45) is 5.10 Å². The van der Waals surface area contributed by atoms with Crippen LogP contribution in [0.3, 0.4) is 0 Å². The van der Waals surface area contributed by atoms with Gasteiger partial charge in [-0.15, -0.1) is 0 Å². The average Bonchev–Trinajstić information content (AvgIpc) is 3.24. The van der Waals surface area contributed by atoms with E-state index in [-0.39, 0.29) is 11.4 Å². The largest absolute Gasteiger partial charge is 0.504 e. The van der Waals surface area contributed by atoms with E-state index in [4.69, 9.17) is 14.2 Å². The minimum absolute atomic E-state index is 0.0221. The minimum atomic E-state index is -0.453. The molecule has 2 aromatic carbocycles. The highest BCUT2D eigenvalue weighted by Crippen LogP contribution is 2.31. The SMILES string of the molecule is COc1cc(/C=N\NC(=O)c2cc(-c3ccc(OC)c(OC)c3)n[nH]2)ccc1O. The van der Waals surface area contributed by atoms with Crippen molar-refractivity contribution in [3.63, 3.8) is 0 Å². The lowest BCUT2D eigenvalue weighted by atomic mass is 10.1. The van der Waals surface area contributed by atoms with Crippen LogP contribution < -0.4 is 19.6 Å². The lowest BCUT2D eigenvalue weighted by Gasteiger charge is -2.08. The molecule has 0 aliphatic rings. The van der Waals surface area contributed by atoms with Crippen molar-refractivity contribution in [3.05, 3.63) is 53.7 Å². The number of methoxy groups -OCH3 is 3. The lowest BCUT2D eigenvalue weighted by Crippen LogP contribution is -2.18. The van der Waals surface area contributed by atoms with Crippen LogP contribution in [-0.4, -0.2) is 48.8 Å². The number of carbonyl (C=O) groups excluding carboxylic acids is 1. The van der Waals surface area contributed by atoms with Gasteiger partial charge >= 0.3 is 0 Å². The van der Waals surface area contributed by atoms with Crippen molar-refractivity contribution in [2.45, 2.75) is 0 Å². The molecule has 9 heteroatoms. The molecule has 0 saturated carbocycles. The molecule has 0 aliphatic heterocycles. The van der Waals surface area contributed by atoms with E-state index in [0.717, 1.165) is 5.56 Å². The van der Waals surface area contributed by atoms with Crippen LogP contribution in [0.5, 0.6) is 23.0 Å². The van der Waals surface area contributed by atoms with Gasteiger partial charge in [0.15, 0.2) is 23.0 Å². The van der Waals surface area contributed by atoms with Crippen LogP contribution in [-0.2, 0) is 0 Å². The number of nitrogens with one attached hydrogen (secondary N) is 2. The van der Waals surface area contributed by atoms with Gasteiger partial charge in [0.1, 0.15) is 5.69 Å². The van der Waals surface area contributed by atoms with Gasteiger partial charge in [-0.2, -0.15) is 10.2 Å². The van der Waals surface area contributed by atoms with Crippen molar-refractivity contribution < 1.29 is 24.1 Å². The molecule has 3 aromatic rings. The second-order valence-electron chi connectivity index (χ2n) is 5.87. The lowest BCUT2D eigenvalue weighted by molar-refractivity contribution is 0.0950. The monoisotopic (exact) mass is 396 g/mol. The van der Waals surface area contributed by atoms with Gasteiger partial charge in [-0.1, -0.05) is 0 Å². The van der Waals surface area contributed by atoms with Gasteiger partial charge < -0.3 is 19.3 Å². The Morgan fingerprint density at radius 2 is 1.79 bits per heavy atom. The number of hydrogen-bond acceptors (Lipinski definition) is 7. The van der Waals surface area contributed by atoms with Crippen molar-refractivity contribution in [1.29, 1.82) is 0 Å². The van der Waals surface area contributed by atoms with Gasteiger partial charge in [0.25, 0.3) is 5.91 Å². The molecule has 0 saturated heterocycles. The second-order valence-corrected chi connectivity index (χ2v) is 5.87. The van der Waals surface area contributed by atoms with Crippen molar-refractivity contribution >= 4 is 12.1 Å². The van der Waals surface area contributed by atoms with E-state index in [0.29, 0.717) is 28.5 Å². The number of carbonyl (C=O) groups is 1. The fourth-order valence-corrected chi connectivity index (χ4v) is 2.58. The second kappa shape index (κ2) is 8.79. The first-order valence-electron chi connectivity index (χ1n) is 8.54. The Labute approximate surface area is 166 Å². The van der Waals surface area contributed by atoms with E-state index >= 15 is 0 Å². The maximum Gasteiger partial charge on any atom is 0.289 e. The molecule has 0 aliphatic carbocycles. The van der Waals surface area contributed by atoms with Crippen LogP contribution in [0.4, 0.5) is 0 Å². The van der Waals surface area contributed by atoms with Crippen LogP contribution in [0.1, 0.15) is 16.1 Å². The van der Waals surface area contributed by atoms with Crippen molar-refractivity contribution in [1.82, 2.24) is 15.6 Å². The molecule has 150 valence electrons. The highest BCUT2D eigenvalue weighted by atomic mass is 16.5. The molecule has 0 spiro atoms. The maximum absolute atomic E-state index is 12.3. The summed E-state index contributed by atoms with van der Waals surface area (Å²) in [5.74, 6) is 1.05. The molecule has 0 fully saturated rings. The van der Waals surface area contributed by atoms with Crippen LogP contribution in [0, 0.1) is 0 Å². The van der Waals surface area contributed by atoms with E-state index in [1.807, 2.05) is 6.07 Å². The van der Waals surface area contributed by atoms with E-state index in [2.05, 4.69) is 20.7 Å². The first kappa shape index (κ1) is 19.7. The number of rotatable bonds is 7. The number of aromatic amines is 1. The Hall–Kier alpha value is -4.01. The number of phenols is 1. The quantitative estimate of drug-likeness (QED) is 0.417. The number of aromatic nitrogens is 2. The summed E-state index contributed by atoms with van der Waals surface area (Å²) in [5.41, 5.74) is 4.64. The fraction of sp³-hybridized carbons (Fsp3) is 0.150. The van der Waals surface area contributed by atoms with Gasteiger partial charge in [0.05, 0.1) is 33.2 Å². The number of hydrazone groups is 1. The summed E-state index contributed by atoms with van der Waals surface area (Å²) in [6.07, 6.45) is 1.44. The minimum Gasteiger partial charge on any atom is -0.504 e. The molecule has 3 N–H and O–H groups in total. The number of aromatic hydroxyl groups is 1. The molecule has 0 bridgehead atoms. The summed E-state index contributed by atoms with van der Waals surface area (Å²) < 4.78 is 15.5. The molecule has 1 amide bonds. The van der Waals surface area contributed by atoms with Gasteiger partial charge in [0, 0.05) is 5.56 Å². The van der Waals surface area contributed by atoms with E-state index in [9.17, 15) is 9.90 Å². The van der Waals surface area contributed by atoms with Crippen molar-refractivity contribution in [3.8, 4) is 34.3 Å². The number of amides is 1. The van der Waals surface area contributed by atoms with E-state index in [1.54, 1.807) is 44.6 Å². The summed E-state index contributed by atoms with van der Waals surface area (Å²) in [6.45, 7) is 0. The molecule has 0 radical (unpaired) electrons. The first-order chi connectivity index (χ1) is 14.0. The summed E-state index contributed by atoms with van der Waals surface area (Å²) >= 11 is 0. The Kier molecular flexibility index (Phi) is 5.98.